The number of ether oxygens (including phenoxy) is 2. The summed E-state index contributed by atoms with van der Waals surface area (Å²) in [6, 6.07) is -0.144. The number of hydrogen-bond donors (Lipinski definition) is 2. The molecule has 7 heteroatoms. The van der Waals surface area contributed by atoms with Crippen LogP contribution in [0.2, 0.25) is 0 Å². The third kappa shape index (κ3) is 7.30. The van der Waals surface area contributed by atoms with Crippen LogP contribution in [0, 0.1) is 0 Å². The van der Waals surface area contributed by atoms with Crippen LogP contribution in [0.1, 0.15) is 26.7 Å². The Kier molecular flexibility index (Phi) is 9.75. The first kappa shape index (κ1) is 18.7. The van der Waals surface area contributed by atoms with Crippen LogP contribution in [-0.2, 0) is 14.3 Å². The van der Waals surface area contributed by atoms with E-state index in [4.69, 9.17) is 14.6 Å². The van der Waals surface area contributed by atoms with E-state index in [9.17, 15) is 9.59 Å². The minimum atomic E-state index is -0.954. The number of methoxy groups -OCH3 is 2. The average molecular weight is 290 g/mol. The molecule has 2 N–H and O–H groups in total. The van der Waals surface area contributed by atoms with Gasteiger partial charge in [0, 0.05) is 33.4 Å². The second-order valence-corrected chi connectivity index (χ2v) is 4.59. The van der Waals surface area contributed by atoms with Gasteiger partial charge in [-0.25, -0.2) is 4.79 Å². The number of carbonyl (C=O) groups is 2. The highest BCUT2D eigenvalue weighted by Gasteiger charge is 2.20. The van der Waals surface area contributed by atoms with Gasteiger partial charge in [0.25, 0.3) is 0 Å². The van der Waals surface area contributed by atoms with Crippen molar-refractivity contribution in [2.24, 2.45) is 0 Å². The molecule has 0 saturated carbocycles. The van der Waals surface area contributed by atoms with Gasteiger partial charge in [0.05, 0.1) is 19.1 Å². The van der Waals surface area contributed by atoms with Crippen molar-refractivity contribution < 1.29 is 24.2 Å². The predicted molar refractivity (Wildman–Crippen MR) is 74.8 cm³/mol. The maximum Gasteiger partial charge on any atom is 0.317 e. The number of nitrogens with zero attached hydrogens (tertiary/aromatic N) is 1. The molecule has 0 aromatic carbocycles. The van der Waals surface area contributed by atoms with Crippen molar-refractivity contribution in [2.75, 3.05) is 33.9 Å². The number of carboxylic acid groups (broad SMARTS) is 1. The van der Waals surface area contributed by atoms with Crippen molar-refractivity contribution in [3.05, 3.63) is 0 Å². The minimum Gasteiger partial charge on any atom is -0.481 e. The highest BCUT2D eigenvalue weighted by Crippen LogP contribution is 2.04. The Bertz CT molecular complexity index is 298. The van der Waals surface area contributed by atoms with Gasteiger partial charge in [-0.3, -0.25) is 4.79 Å². The van der Waals surface area contributed by atoms with Crippen molar-refractivity contribution >= 4 is 12.0 Å². The first-order chi connectivity index (χ1) is 9.46. The Morgan fingerprint density at radius 1 is 1.35 bits per heavy atom. The second-order valence-electron chi connectivity index (χ2n) is 4.59. The highest BCUT2D eigenvalue weighted by atomic mass is 16.5. The van der Waals surface area contributed by atoms with E-state index in [-0.39, 0.29) is 25.0 Å². The fraction of sp³-hybridized carbons (Fsp3) is 0.846. The summed E-state index contributed by atoms with van der Waals surface area (Å²) in [5, 5.41) is 11.4. The highest BCUT2D eigenvalue weighted by molar-refractivity contribution is 5.74. The van der Waals surface area contributed by atoms with Crippen LogP contribution in [0.4, 0.5) is 4.79 Å². The zero-order valence-electron chi connectivity index (χ0n) is 12.7. The van der Waals surface area contributed by atoms with E-state index >= 15 is 0 Å². The Labute approximate surface area is 120 Å². The summed E-state index contributed by atoms with van der Waals surface area (Å²) in [6.07, 6.45) is 0.163. The van der Waals surface area contributed by atoms with E-state index in [0.717, 1.165) is 6.42 Å². The van der Waals surface area contributed by atoms with Crippen LogP contribution in [0.25, 0.3) is 0 Å². The third-order valence-corrected chi connectivity index (χ3v) is 3.14. The molecule has 0 radical (unpaired) electrons. The van der Waals surface area contributed by atoms with E-state index in [2.05, 4.69) is 5.32 Å². The average Bonchev–Trinajstić information content (AvgIpc) is 2.42. The van der Waals surface area contributed by atoms with E-state index in [1.165, 1.54) is 7.11 Å². The van der Waals surface area contributed by atoms with Crippen LogP contribution < -0.4 is 5.32 Å². The number of carboxylic acids is 1. The second kappa shape index (κ2) is 10.4. The maximum absolute atomic E-state index is 12.1. The number of rotatable bonds is 10. The summed E-state index contributed by atoms with van der Waals surface area (Å²) < 4.78 is 10.0. The fourth-order valence-corrected chi connectivity index (χ4v) is 1.67. The Morgan fingerprint density at radius 3 is 2.45 bits per heavy atom. The fourth-order valence-electron chi connectivity index (χ4n) is 1.67. The molecule has 2 amide bonds. The number of aliphatic carboxylic acids is 1. The summed E-state index contributed by atoms with van der Waals surface area (Å²) in [7, 11) is 3.01. The van der Waals surface area contributed by atoms with Gasteiger partial charge < -0.3 is 24.8 Å². The quantitative estimate of drug-likeness (QED) is 0.625. The molecule has 0 aromatic heterocycles. The molecule has 0 aliphatic carbocycles. The maximum atomic E-state index is 12.1. The molecule has 20 heavy (non-hydrogen) atoms. The van der Waals surface area contributed by atoms with E-state index in [1.807, 2.05) is 13.8 Å². The van der Waals surface area contributed by atoms with Crippen LogP contribution in [0.15, 0.2) is 0 Å². The summed E-state index contributed by atoms with van der Waals surface area (Å²) in [5.41, 5.74) is 0. The summed E-state index contributed by atoms with van der Waals surface area (Å²) >= 11 is 0. The molecule has 0 fully saturated rings. The Morgan fingerprint density at radius 2 is 2.00 bits per heavy atom. The summed E-state index contributed by atoms with van der Waals surface area (Å²) in [6.45, 7) is 5.08. The lowest BCUT2D eigenvalue weighted by molar-refractivity contribution is -0.139. The van der Waals surface area contributed by atoms with Gasteiger partial charge in [-0.15, -0.1) is 0 Å². The molecule has 0 aromatic rings. The lowest BCUT2D eigenvalue weighted by atomic mass is 10.2. The van der Waals surface area contributed by atoms with E-state index < -0.39 is 12.1 Å². The Balaban J connectivity index is 4.39. The Hall–Kier alpha value is -1.34. The smallest absolute Gasteiger partial charge is 0.317 e. The van der Waals surface area contributed by atoms with Gasteiger partial charge in [0.1, 0.15) is 0 Å². The monoisotopic (exact) mass is 290 g/mol. The van der Waals surface area contributed by atoms with Crippen molar-refractivity contribution in [3.63, 3.8) is 0 Å². The number of urea groups is 1. The van der Waals surface area contributed by atoms with Crippen LogP contribution in [0.3, 0.4) is 0 Å². The topological polar surface area (TPSA) is 88.1 Å². The van der Waals surface area contributed by atoms with Crippen molar-refractivity contribution in [3.8, 4) is 0 Å². The molecule has 0 saturated heterocycles. The molecule has 0 aliphatic heterocycles. The van der Waals surface area contributed by atoms with Gasteiger partial charge in [-0.1, -0.05) is 6.92 Å². The molecule has 0 bridgehead atoms. The molecule has 0 aliphatic rings. The zero-order valence-corrected chi connectivity index (χ0v) is 12.7. The normalized spacial score (nSPS) is 13.6. The van der Waals surface area contributed by atoms with Crippen LogP contribution >= 0.6 is 0 Å². The van der Waals surface area contributed by atoms with Crippen molar-refractivity contribution in [2.45, 2.75) is 38.8 Å². The molecule has 0 spiro atoms. The number of nitrogens with one attached hydrogen (secondary N) is 1. The van der Waals surface area contributed by atoms with Gasteiger partial charge in [-0.05, 0) is 13.3 Å². The van der Waals surface area contributed by atoms with Crippen LogP contribution in [0.5, 0.6) is 0 Å². The molecule has 7 nitrogen and oxygen atoms in total. The van der Waals surface area contributed by atoms with Gasteiger partial charge in [0.15, 0.2) is 0 Å². The minimum absolute atomic E-state index is 0.0885. The summed E-state index contributed by atoms with van der Waals surface area (Å²) in [4.78, 5) is 24.4. The SMILES string of the molecule is CCC(C)N(CCOC)C(=O)NCC(CC(=O)O)OC. The number of amides is 2. The molecule has 0 rings (SSSR count). The van der Waals surface area contributed by atoms with Gasteiger partial charge in [-0.2, -0.15) is 0 Å². The molecule has 0 heterocycles. The standard InChI is InChI=1S/C13H26N2O5/c1-5-10(2)15(6-7-19-3)13(18)14-9-11(20-4)8-12(16)17/h10-11H,5-9H2,1-4H3,(H,14,18)(H,16,17). The summed E-state index contributed by atoms with van der Waals surface area (Å²) in [5.74, 6) is -0.954. The molecular formula is C13H26N2O5. The van der Waals surface area contributed by atoms with E-state index in [1.54, 1.807) is 12.0 Å². The lowest BCUT2D eigenvalue weighted by Crippen LogP contribution is -2.48. The first-order valence-electron chi connectivity index (χ1n) is 6.74. The molecule has 118 valence electrons. The van der Waals surface area contributed by atoms with Gasteiger partial charge in [0.2, 0.25) is 0 Å². The first-order valence-corrected chi connectivity index (χ1v) is 6.74. The molecule has 2 atom stereocenters. The molecular weight excluding hydrogens is 264 g/mol. The van der Waals surface area contributed by atoms with Crippen molar-refractivity contribution in [1.82, 2.24) is 10.2 Å². The largest absolute Gasteiger partial charge is 0.481 e. The van der Waals surface area contributed by atoms with Crippen LogP contribution in [-0.4, -0.2) is 68.1 Å². The molecule has 2 unspecified atom stereocenters. The zero-order chi connectivity index (χ0) is 15.5. The van der Waals surface area contributed by atoms with Crippen molar-refractivity contribution in [1.29, 1.82) is 0 Å². The van der Waals surface area contributed by atoms with Gasteiger partial charge >= 0.3 is 12.0 Å². The number of carbonyl (C=O) groups excluding carboxylic acids is 1. The van der Waals surface area contributed by atoms with E-state index in [0.29, 0.717) is 13.2 Å². The lowest BCUT2D eigenvalue weighted by Gasteiger charge is -2.29. The predicted octanol–water partition coefficient (Wildman–Crippen LogP) is 0.933. The third-order valence-electron chi connectivity index (χ3n) is 3.14. The number of hydrogen-bond acceptors (Lipinski definition) is 4.